The SMILES string of the molecule is CC(NC(=O)CNC(=O)[C@@H](N)C(C)C)c1ccc(OCC(=O)NC2CC2)cc1.Cl. The molecular weight excluding hydrogens is 396 g/mol. The van der Waals surface area contributed by atoms with E-state index in [-0.39, 0.29) is 55.2 Å². The van der Waals surface area contributed by atoms with Crippen LogP contribution in [0.5, 0.6) is 5.75 Å². The Balaban J connectivity index is 0.00000420. The van der Waals surface area contributed by atoms with E-state index in [0.717, 1.165) is 18.4 Å². The molecule has 0 aromatic heterocycles. The van der Waals surface area contributed by atoms with Crippen molar-refractivity contribution in [2.45, 2.75) is 51.7 Å². The van der Waals surface area contributed by atoms with Gasteiger partial charge in [-0.1, -0.05) is 26.0 Å². The molecule has 0 saturated heterocycles. The summed E-state index contributed by atoms with van der Waals surface area (Å²) in [6, 6.07) is 6.60. The second kappa shape index (κ2) is 11.6. The molecule has 1 aliphatic rings. The normalized spacial score (nSPS) is 14.9. The Labute approximate surface area is 177 Å². The van der Waals surface area contributed by atoms with E-state index in [9.17, 15) is 14.4 Å². The molecule has 9 heteroatoms. The number of amides is 3. The monoisotopic (exact) mass is 426 g/mol. The minimum absolute atomic E-state index is 0. The predicted molar refractivity (Wildman–Crippen MR) is 113 cm³/mol. The molecule has 0 spiro atoms. The summed E-state index contributed by atoms with van der Waals surface area (Å²) in [5.74, 6) is -0.170. The molecule has 2 rings (SSSR count). The van der Waals surface area contributed by atoms with Crippen molar-refractivity contribution in [1.82, 2.24) is 16.0 Å². The first kappa shape index (κ1) is 24.7. The summed E-state index contributed by atoms with van der Waals surface area (Å²) >= 11 is 0. The number of nitrogens with one attached hydrogen (secondary N) is 3. The fraction of sp³-hybridized carbons (Fsp3) is 0.550. The highest BCUT2D eigenvalue weighted by Gasteiger charge is 2.23. The van der Waals surface area contributed by atoms with Crippen molar-refractivity contribution in [2.24, 2.45) is 11.7 Å². The van der Waals surface area contributed by atoms with Gasteiger partial charge in [0.05, 0.1) is 18.6 Å². The summed E-state index contributed by atoms with van der Waals surface area (Å²) in [6.07, 6.45) is 2.08. The Bertz CT molecular complexity index is 692. The van der Waals surface area contributed by atoms with E-state index < -0.39 is 6.04 Å². The summed E-state index contributed by atoms with van der Waals surface area (Å²) in [4.78, 5) is 35.5. The number of carbonyl (C=O) groups excluding carboxylic acids is 3. The summed E-state index contributed by atoms with van der Waals surface area (Å²) in [5.41, 5.74) is 6.62. The molecule has 3 amide bonds. The lowest BCUT2D eigenvalue weighted by Crippen LogP contribution is -2.47. The van der Waals surface area contributed by atoms with E-state index in [4.69, 9.17) is 10.5 Å². The fourth-order valence-electron chi connectivity index (χ4n) is 2.46. The highest BCUT2D eigenvalue weighted by Crippen LogP contribution is 2.19. The van der Waals surface area contributed by atoms with Crippen molar-refractivity contribution in [1.29, 1.82) is 0 Å². The minimum Gasteiger partial charge on any atom is -0.484 e. The molecule has 29 heavy (non-hydrogen) atoms. The van der Waals surface area contributed by atoms with Crippen LogP contribution >= 0.6 is 12.4 Å². The predicted octanol–water partition coefficient (Wildman–Crippen LogP) is 1.04. The minimum atomic E-state index is -0.635. The Morgan fingerprint density at radius 1 is 1.10 bits per heavy atom. The second-order valence-electron chi connectivity index (χ2n) is 7.48. The molecule has 1 aromatic rings. The van der Waals surface area contributed by atoms with Crippen molar-refractivity contribution in [3.63, 3.8) is 0 Å². The highest BCUT2D eigenvalue weighted by atomic mass is 35.5. The summed E-state index contributed by atoms with van der Waals surface area (Å²) in [7, 11) is 0. The van der Waals surface area contributed by atoms with Crippen LogP contribution in [0.2, 0.25) is 0 Å². The number of carbonyl (C=O) groups is 3. The first-order valence-corrected chi connectivity index (χ1v) is 9.61. The maximum Gasteiger partial charge on any atom is 0.258 e. The Morgan fingerprint density at radius 2 is 1.72 bits per heavy atom. The maximum atomic E-state index is 12.0. The second-order valence-corrected chi connectivity index (χ2v) is 7.48. The highest BCUT2D eigenvalue weighted by molar-refractivity contribution is 5.87. The number of ether oxygens (including phenoxy) is 1. The van der Waals surface area contributed by atoms with Crippen LogP contribution in [-0.2, 0) is 14.4 Å². The molecule has 1 aliphatic carbocycles. The van der Waals surface area contributed by atoms with Crippen molar-refractivity contribution >= 4 is 30.1 Å². The van der Waals surface area contributed by atoms with Gasteiger partial charge >= 0.3 is 0 Å². The van der Waals surface area contributed by atoms with Crippen molar-refractivity contribution in [3.05, 3.63) is 29.8 Å². The third-order valence-corrected chi connectivity index (χ3v) is 4.51. The Kier molecular flexibility index (Phi) is 9.91. The van der Waals surface area contributed by atoms with E-state index >= 15 is 0 Å². The fourth-order valence-corrected chi connectivity index (χ4v) is 2.46. The van der Waals surface area contributed by atoms with Gasteiger partial charge in [-0.2, -0.15) is 0 Å². The van der Waals surface area contributed by atoms with Gasteiger partial charge in [-0.15, -0.1) is 12.4 Å². The number of benzene rings is 1. The molecule has 0 aliphatic heterocycles. The van der Waals surface area contributed by atoms with Crippen LogP contribution in [0.1, 0.15) is 45.2 Å². The van der Waals surface area contributed by atoms with Gasteiger partial charge in [0.15, 0.2) is 6.61 Å². The Hall–Kier alpha value is -2.32. The molecule has 1 saturated carbocycles. The van der Waals surface area contributed by atoms with Crippen LogP contribution in [-0.4, -0.2) is 43.0 Å². The third-order valence-electron chi connectivity index (χ3n) is 4.51. The van der Waals surface area contributed by atoms with Crippen LogP contribution in [0.25, 0.3) is 0 Å². The van der Waals surface area contributed by atoms with Crippen molar-refractivity contribution < 1.29 is 19.1 Å². The van der Waals surface area contributed by atoms with E-state index in [1.807, 2.05) is 32.9 Å². The Morgan fingerprint density at radius 3 is 2.28 bits per heavy atom. The van der Waals surface area contributed by atoms with Crippen LogP contribution in [0.15, 0.2) is 24.3 Å². The maximum absolute atomic E-state index is 12.0. The van der Waals surface area contributed by atoms with E-state index in [0.29, 0.717) is 11.8 Å². The zero-order chi connectivity index (χ0) is 20.7. The molecular formula is C20H31ClN4O4. The number of hydrogen-bond donors (Lipinski definition) is 4. The van der Waals surface area contributed by atoms with Crippen LogP contribution in [0.4, 0.5) is 0 Å². The quantitative estimate of drug-likeness (QED) is 0.445. The molecule has 0 heterocycles. The lowest BCUT2D eigenvalue weighted by molar-refractivity contribution is -0.127. The summed E-state index contributed by atoms with van der Waals surface area (Å²) in [6.45, 7) is 5.40. The molecule has 5 N–H and O–H groups in total. The third kappa shape index (κ3) is 8.70. The van der Waals surface area contributed by atoms with Gasteiger partial charge in [-0.3, -0.25) is 14.4 Å². The largest absolute Gasteiger partial charge is 0.484 e. The lowest BCUT2D eigenvalue weighted by Gasteiger charge is -2.17. The van der Waals surface area contributed by atoms with E-state index in [1.165, 1.54) is 0 Å². The molecule has 162 valence electrons. The van der Waals surface area contributed by atoms with Crippen LogP contribution in [0.3, 0.4) is 0 Å². The van der Waals surface area contributed by atoms with Crippen molar-refractivity contribution in [3.8, 4) is 5.75 Å². The van der Waals surface area contributed by atoms with Gasteiger partial charge in [-0.25, -0.2) is 0 Å². The number of hydrogen-bond acceptors (Lipinski definition) is 5. The molecule has 0 radical (unpaired) electrons. The summed E-state index contributed by atoms with van der Waals surface area (Å²) < 4.78 is 5.46. The topological polar surface area (TPSA) is 123 Å². The lowest BCUT2D eigenvalue weighted by atomic mass is 10.1. The van der Waals surface area contributed by atoms with E-state index in [1.54, 1.807) is 12.1 Å². The zero-order valence-electron chi connectivity index (χ0n) is 17.1. The van der Waals surface area contributed by atoms with Gasteiger partial charge in [0.2, 0.25) is 11.8 Å². The van der Waals surface area contributed by atoms with Crippen LogP contribution in [0, 0.1) is 5.92 Å². The van der Waals surface area contributed by atoms with Gasteiger partial charge < -0.3 is 26.4 Å². The molecule has 1 aromatic carbocycles. The first-order valence-electron chi connectivity index (χ1n) is 9.61. The van der Waals surface area contributed by atoms with Gasteiger partial charge in [0.1, 0.15) is 5.75 Å². The number of halogens is 1. The molecule has 1 fully saturated rings. The standard InChI is InChI=1S/C20H30N4O4.ClH/c1-12(2)19(21)20(27)22-10-17(25)23-13(3)14-4-8-16(9-5-14)28-11-18(26)24-15-6-7-15;/h4-5,8-9,12-13,15,19H,6-7,10-11,21H2,1-3H3,(H,22,27)(H,23,25)(H,24,26);1H/t13?,19-;/m0./s1. The molecule has 1 unspecified atom stereocenters. The van der Waals surface area contributed by atoms with Crippen LogP contribution < -0.4 is 26.4 Å². The number of nitrogens with two attached hydrogens (primary N) is 1. The van der Waals surface area contributed by atoms with Gasteiger partial charge in [0, 0.05) is 6.04 Å². The van der Waals surface area contributed by atoms with Gasteiger partial charge in [0.25, 0.3) is 5.91 Å². The number of rotatable bonds is 10. The smallest absolute Gasteiger partial charge is 0.258 e. The summed E-state index contributed by atoms with van der Waals surface area (Å²) in [5, 5.41) is 8.22. The molecule has 8 nitrogen and oxygen atoms in total. The first-order chi connectivity index (χ1) is 13.3. The van der Waals surface area contributed by atoms with E-state index in [2.05, 4.69) is 16.0 Å². The average molecular weight is 427 g/mol. The molecule has 0 bridgehead atoms. The molecule has 2 atom stereocenters. The average Bonchev–Trinajstić information content (AvgIpc) is 3.48. The van der Waals surface area contributed by atoms with Gasteiger partial charge in [-0.05, 0) is 43.4 Å². The zero-order valence-corrected chi connectivity index (χ0v) is 17.9. The van der Waals surface area contributed by atoms with Crippen molar-refractivity contribution in [2.75, 3.05) is 13.2 Å².